The van der Waals surface area contributed by atoms with Gasteiger partial charge in [-0.3, -0.25) is 14.9 Å². The molecular formula is C22H20F3N7O3. The first kappa shape index (κ1) is 23.7. The second kappa shape index (κ2) is 9.44. The van der Waals surface area contributed by atoms with Crippen LogP contribution in [-0.4, -0.2) is 47.0 Å². The van der Waals surface area contributed by atoms with Gasteiger partial charge in [0.1, 0.15) is 17.1 Å². The van der Waals surface area contributed by atoms with Crippen molar-refractivity contribution in [2.45, 2.75) is 6.18 Å². The maximum atomic E-state index is 13.7. The molecule has 2 aromatic carbocycles. The molecule has 0 spiro atoms. The lowest BCUT2D eigenvalue weighted by Crippen LogP contribution is -2.47. The second-order valence-electron chi connectivity index (χ2n) is 7.72. The lowest BCUT2D eigenvalue weighted by atomic mass is 10.2. The Morgan fingerprint density at radius 3 is 2.26 bits per heavy atom. The van der Waals surface area contributed by atoms with Crippen LogP contribution in [0.1, 0.15) is 15.9 Å². The van der Waals surface area contributed by atoms with Crippen molar-refractivity contribution < 1.29 is 22.9 Å². The highest BCUT2D eigenvalue weighted by molar-refractivity contribution is 5.93. The van der Waals surface area contributed by atoms with Crippen LogP contribution in [0.3, 0.4) is 0 Å². The van der Waals surface area contributed by atoms with Crippen LogP contribution < -0.4 is 20.9 Å². The zero-order valence-electron chi connectivity index (χ0n) is 18.2. The molecule has 0 bridgehead atoms. The molecule has 3 N–H and O–H groups in total. The molecule has 0 saturated carbocycles. The summed E-state index contributed by atoms with van der Waals surface area (Å²) in [5.41, 5.74) is 5.32. The maximum Gasteiger partial charge on any atom is 0.421 e. The van der Waals surface area contributed by atoms with Gasteiger partial charge in [0.25, 0.3) is 5.69 Å². The van der Waals surface area contributed by atoms with Gasteiger partial charge < -0.3 is 20.9 Å². The highest BCUT2D eigenvalue weighted by Gasteiger charge is 2.37. The fraction of sp³-hybridized carbons (Fsp3) is 0.227. The van der Waals surface area contributed by atoms with E-state index in [0.717, 1.165) is 6.20 Å². The van der Waals surface area contributed by atoms with Gasteiger partial charge in [0.2, 0.25) is 11.9 Å². The van der Waals surface area contributed by atoms with E-state index in [0.29, 0.717) is 11.4 Å². The molecule has 0 radical (unpaired) electrons. The van der Waals surface area contributed by atoms with E-state index in [9.17, 15) is 28.1 Å². The number of carbonyl (C=O) groups is 1. The number of benzene rings is 2. The van der Waals surface area contributed by atoms with Gasteiger partial charge in [-0.1, -0.05) is 12.1 Å². The molecule has 0 atom stereocenters. The molecule has 0 unspecified atom stereocenters. The highest BCUT2D eigenvalue weighted by atomic mass is 19.4. The number of rotatable bonds is 6. The first-order chi connectivity index (χ1) is 16.6. The number of nitrogens with zero attached hydrogens (tertiary/aromatic N) is 5. The third kappa shape index (κ3) is 5.23. The molecule has 10 nitrogen and oxygen atoms in total. The van der Waals surface area contributed by atoms with Crippen LogP contribution >= 0.6 is 0 Å². The minimum absolute atomic E-state index is 0.0547. The summed E-state index contributed by atoms with van der Waals surface area (Å²) in [5.74, 6) is -0.948. The summed E-state index contributed by atoms with van der Waals surface area (Å²) in [6.45, 7) is 0.866. The van der Waals surface area contributed by atoms with E-state index in [1.807, 2.05) is 0 Å². The van der Waals surface area contributed by atoms with Crippen molar-refractivity contribution in [3.63, 3.8) is 0 Å². The van der Waals surface area contributed by atoms with E-state index in [2.05, 4.69) is 15.3 Å². The lowest BCUT2D eigenvalue weighted by molar-refractivity contribution is -0.384. The van der Waals surface area contributed by atoms with Crippen LogP contribution in [0.15, 0.2) is 54.7 Å². The molecule has 1 fully saturated rings. The van der Waals surface area contributed by atoms with E-state index in [1.165, 1.54) is 35.2 Å². The third-order valence-corrected chi connectivity index (χ3v) is 5.50. The molecular weight excluding hydrogens is 467 g/mol. The normalized spacial score (nSPS) is 14.0. The molecule has 1 saturated heterocycles. The Morgan fingerprint density at radius 1 is 1.03 bits per heavy atom. The van der Waals surface area contributed by atoms with Crippen LogP contribution in [0.4, 0.5) is 42.0 Å². The summed E-state index contributed by atoms with van der Waals surface area (Å²) in [7, 11) is 0. The molecule has 0 aliphatic carbocycles. The van der Waals surface area contributed by atoms with Crippen LogP contribution in [0, 0.1) is 10.1 Å². The number of para-hydroxylation sites is 2. The Labute approximate surface area is 197 Å². The molecule has 3 aromatic rings. The Bertz CT molecular complexity index is 1240. The first-order valence-electron chi connectivity index (χ1n) is 10.5. The van der Waals surface area contributed by atoms with Gasteiger partial charge in [-0.15, -0.1) is 0 Å². The van der Waals surface area contributed by atoms with Crippen LogP contribution in [0.5, 0.6) is 0 Å². The largest absolute Gasteiger partial charge is 0.421 e. The number of nitrogens with one attached hydrogen (secondary N) is 1. The predicted molar refractivity (Wildman–Crippen MR) is 123 cm³/mol. The van der Waals surface area contributed by atoms with Gasteiger partial charge in [0.05, 0.1) is 4.92 Å². The van der Waals surface area contributed by atoms with Gasteiger partial charge in [-0.2, -0.15) is 18.2 Å². The number of amides is 1. The van der Waals surface area contributed by atoms with Gasteiger partial charge in [0.15, 0.2) is 0 Å². The summed E-state index contributed by atoms with van der Waals surface area (Å²) in [4.78, 5) is 33.2. The van der Waals surface area contributed by atoms with E-state index in [1.54, 1.807) is 23.1 Å². The van der Waals surface area contributed by atoms with Crippen molar-refractivity contribution in [2.75, 3.05) is 41.3 Å². The minimum atomic E-state index is -4.67. The SMILES string of the molecule is NC(=O)c1ccc(Nc2ncc(C(F)(F)F)c(N3CCN(c4ccccc4[N+](=O)[O-])CC3)n2)cc1. The number of nitro benzene ring substituents is 1. The first-order valence-corrected chi connectivity index (χ1v) is 10.5. The van der Waals surface area contributed by atoms with Crippen LogP contribution in [0.25, 0.3) is 0 Å². The topological polar surface area (TPSA) is 131 Å². The highest BCUT2D eigenvalue weighted by Crippen LogP contribution is 2.37. The predicted octanol–water partition coefficient (Wildman–Crippen LogP) is 3.57. The second-order valence-corrected chi connectivity index (χ2v) is 7.72. The van der Waals surface area contributed by atoms with Crippen molar-refractivity contribution in [3.8, 4) is 0 Å². The quantitative estimate of drug-likeness (QED) is 0.399. The number of hydrogen-bond donors (Lipinski definition) is 2. The number of piperazine rings is 1. The zero-order chi connectivity index (χ0) is 25.2. The Kier molecular flexibility index (Phi) is 6.40. The maximum absolute atomic E-state index is 13.7. The minimum Gasteiger partial charge on any atom is -0.366 e. The standard InChI is InChI=1S/C22H20F3N7O3/c23-22(24,25)16-13-27-21(28-15-7-5-14(6-8-15)19(26)33)29-20(16)31-11-9-30(10-12-31)17-3-1-2-4-18(17)32(34)35/h1-8,13H,9-12H2,(H2,26,33)(H,27,28,29). The van der Waals surface area contributed by atoms with Gasteiger partial charge in [-0.25, -0.2) is 4.98 Å². The molecule has 4 rings (SSSR count). The molecule has 2 heterocycles. The fourth-order valence-electron chi connectivity index (χ4n) is 3.77. The number of hydrogen-bond acceptors (Lipinski definition) is 8. The zero-order valence-corrected chi connectivity index (χ0v) is 18.2. The van der Waals surface area contributed by atoms with Crippen LogP contribution in [-0.2, 0) is 6.18 Å². The number of aromatic nitrogens is 2. The summed E-state index contributed by atoms with van der Waals surface area (Å²) < 4.78 is 41.1. The van der Waals surface area contributed by atoms with Crippen molar-refractivity contribution in [1.29, 1.82) is 0 Å². The van der Waals surface area contributed by atoms with Crippen molar-refractivity contribution in [3.05, 3.63) is 76.0 Å². The van der Waals surface area contributed by atoms with E-state index < -0.39 is 22.6 Å². The van der Waals surface area contributed by atoms with Gasteiger partial charge in [0, 0.05) is 49.7 Å². The number of halogens is 3. The molecule has 1 aliphatic heterocycles. The lowest BCUT2D eigenvalue weighted by Gasteiger charge is -2.37. The summed E-state index contributed by atoms with van der Waals surface area (Å²) in [6.07, 6.45) is -3.96. The number of nitrogens with two attached hydrogens (primary N) is 1. The number of alkyl halides is 3. The van der Waals surface area contributed by atoms with Gasteiger partial charge >= 0.3 is 6.18 Å². The number of primary amides is 1. The van der Waals surface area contributed by atoms with E-state index in [4.69, 9.17) is 5.73 Å². The fourth-order valence-corrected chi connectivity index (χ4v) is 3.77. The third-order valence-electron chi connectivity index (χ3n) is 5.50. The Balaban J connectivity index is 1.56. The average molecular weight is 487 g/mol. The Hall–Kier alpha value is -4.42. The average Bonchev–Trinajstić information content (AvgIpc) is 2.84. The smallest absolute Gasteiger partial charge is 0.366 e. The van der Waals surface area contributed by atoms with Crippen molar-refractivity contribution in [1.82, 2.24) is 9.97 Å². The Morgan fingerprint density at radius 2 is 1.66 bits per heavy atom. The summed E-state index contributed by atoms with van der Waals surface area (Å²) in [5, 5.41) is 14.2. The number of carbonyl (C=O) groups excluding carboxylic acids is 1. The number of anilines is 4. The molecule has 1 aliphatic rings. The molecule has 1 aromatic heterocycles. The summed E-state index contributed by atoms with van der Waals surface area (Å²) in [6, 6.07) is 12.3. The van der Waals surface area contributed by atoms with Crippen molar-refractivity contribution >= 4 is 34.7 Å². The molecule has 182 valence electrons. The molecule has 1 amide bonds. The van der Waals surface area contributed by atoms with Crippen LogP contribution in [0.2, 0.25) is 0 Å². The van der Waals surface area contributed by atoms with E-state index >= 15 is 0 Å². The summed E-state index contributed by atoms with van der Waals surface area (Å²) >= 11 is 0. The molecule has 35 heavy (non-hydrogen) atoms. The van der Waals surface area contributed by atoms with Crippen molar-refractivity contribution in [2.24, 2.45) is 5.73 Å². The monoisotopic (exact) mass is 487 g/mol. The number of nitro groups is 1. The van der Waals surface area contributed by atoms with Gasteiger partial charge in [-0.05, 0) is 30.3 Å². The van der Waals surface area contributed by atoms with E-state index in [-0.39, 0.29) is 49.2 Å². The molecule has 13 heteroatoms.